The molecule has 1 aliphatic rings. The number of furan rings is 1. The molecule has 0 amide bonds. The highest BCUT2D eigenvalue weighted by atomic mass is 16.3. The van der Waals surface area contributed by atoms with Crippen LogP contribution in [0.2, 0.25) is 0 Å². The molecule has 1 saturated carbocycles. The molecule has 0 unspecified atom stereocenters. The first kappa shape index (κ1) is 14.6. The lowest BCUT2D eigenvalue weighted by Gasteiger charge is -2.17. The molecular formula is C15H27N3O. The van der Waals surface area contributed by atoms with Gasteiger partial charge in [0.15, 0.2) is 0 Å². The third-order valence-corrected chi connectivity index (χ3v) is 3.55. The van der Waals surface area contributed by atoms with Crippen molar-refractivity contribution in [3.05, 3.63) is 23.7 Å². The smallest absolute Gasteiger partial charge is 0.122 e. The van der Waals surface area contributed by atoms with Crippen LogP contribution in [-0.2, 0) is 13.1 Å². The van der Waals surface area contributed by atoms with Gasteiger partial charge in [-0.05, 0) is 59.6 Å². The van der Waals surface area contributed by atoms with Gasteiger partial charge in [0, 0.05) is 18.2 Å². The fourth-order valence-electron chi connectivity index (χ4n) is 2.19. The van der Waals surface area contributed by atoms with E-state index in [4.69, 9.17) is 4.42 Å². The summed E-state index contributed by atoms with van der Waals surface area (Å²) in [5.74, 6) is 1.11. The summed E-state index contributed by atoms with van der Waals surface area (Å²) >= 11 is 0. The van der Waals surface area contributed by atoms with E-state index in [1.807, 2.05) is 6.26 Å². The molecule has 0 bridgehead atoms. The van der Waals surface area contributed by atoms with Crippen LogP contribution in [0, 0.1) is 0 Å². The molecule has 0 radical (unpaired) electrons. The van der Waals surface area contributed by atoms with Crippen LogP contribution in [0.1, 0.15) is 30.6 Å². The van der Waals surface area contributed by atoms with E-state index in [1.54, 1.807) is 0 Å². The molecule has 2 rings (SSSR count). The van der Waals surface area contributed by atoms with Crippen LogP contribution >= 0.6 is 0 Å². The van der Waals surface area contributed by atoms with Gasteiger partial charge in [-0.2, -0.15) is 0 Å². The second-order valence-electron chi connectivity index (χ2n) is 5.92. The molecule has 0 saturated heterocycles. The Morgan fingerprint density at radius 2 is 2.05 bits per heavy atom. The summed E-state index contributed by atoms with van der Waals surface area (Å²) in [6, 6.07) is 2.85. The molecule has 0 atom stereocenters. The van der Waals surface area contributed by atoms with Gasteiger partial charge in [-0.25, -0.2) is 0 Å². The maximum Gasteiger partial charge on any atom is 0.122 e. The van der Waals surface area contributed by atoms with E-state index in [0.29, 0.717) is 0 Å². The number of hydrogen-bond acceptors (Lipinski definition) is 4. The molecule has 1 aromatic rings. The predicted octanol–water partition coefficient (Wildman–Crippen LogP) is 1.92. The van der Waals surface area contributed by atoms with Gasteiger partial charge in [0.25, 0.3) is 0 Å². The van der Waals surface area contributed by atoms with Gasteiger partial charge in [-0.3, -0.25) is 4.90 Å². The Morgan fingerprint density at radius 1 is 1.26 bits per heavy atom. The van der Waals surface area contributed by atoms with Crippen LogP contribution in [-0.4, -0.2) is 50.1 Å². The SMILES string of the molecule is CN(C)CCCN(C)Cc1occc1CNC1CC1. The van der Waals surface area contributed by atoms with Crippen LogP contribution < -0.4 is 5.32 Å². The van der Waals surface area contributed by atoms with E-state index in [1.165, 1.54) is 24.8 Å². The van der Waals surface area contributed by atoms with E-state index in [0.717, 1.165) is 38.0 Å². The van der Waals surface area contributed by atoms with Crippen LogP contribution in [0.5, 0.6) is 0 Å². The number of hydrogen-bond donors (Lipinski definition) is 1. The lowest BCUT2D eigenvalue weighted by atomic mass is 10.2. The third-order valence-electron chi connectivity index (χ3n) is 3.55. The normalized spacial score (nSPS) is 15.6. The third kappa shape index (κ3) is 5.35. The Kier molecular flexibility index (Phi) is 5.43. The average molecular weight is 265 g/mol. The van der Waals surface area contributed by atoms with E-state index >= 15 is 0 Å². The molecule has 1 aromatic heterocycles. The summed E-state index contributed by atoms with van der Waals surface area (Å²) in [6.07, 6.45) is 5.67. The fourth-order valence-corrected chi connectivity index (χ4v) is 2.19. The predicted molar refractivity (Wildman–Crippen MR) is 78.1 cm³/mol. The number of nitrogens with zero attached hydrogens (tertiary/aromatic N) is 2. The largest absolute Gasteiger partial charge is 0.468 e. The second kappa shape index (κ2) is 7.08. The Bertz CT molecular complexity index is 371. The first-order valence-corrected chi connectivity index (χ1v) is 7.27. The molecule has 19 heavy (non-hydrogen) atoms. The van der Waals surface area contributed by atoms with E-state index in [-0.39, 0.29) is 0 Å². The van der Waals surface area contributed by atoms with E-state index in [9.17, 15) is 0 Å². The Morgan fingerprint density at radius 3 is 2.74 bits per heavy atom. The van der Waals surface area contributed by atoms with Crippen LogP contribution in [0.4, 0.5) is 0 Å². The average Bonchev–Trinajstić information content (AvgIpc) is 3.08. The maximum absolute atomic E-state index is 5.62. The van der Waals surface area contributed by atoms with Gasteiger partial charge in [0.2, 0.25) is 0 Å². The zero-order valence-corrected chi connectivity index (χ0v) is 12.5. The molecule has 1 heterocycles. The zero-order valence-electron chi connectivity index (χ0n) is 12.5. The summed E-state index contributed by atoms with van der Waals surface area (Å²) in [5.41, 5.74) is 1.31. The Labute approximate surface area is 116 Å². The summed E-state index contributed by atoms with van der Waals surface area (Å²) in [4.78, 5) is 4.56. The first-order valence-electron chi connectivity index (χ1n) is 7.27. The molecule has 108 valence electrons. The summed E-state index contributed by atoms with van der Waals surface area (Å²) < 4.78 is 5.62. The highest BCUT2D eigenvalue weighted by molar-refractivity contribution is 5.17. The number of nitrogens with one attached hydrogen (secondary N) is 1. The Balaban J connectivity index is 1.72. The van der Waals surface area contributed by atoms with Crippen molar-refractivity contribution in [2.24, 2.45) is 0 Å². The van der Waals surface area contributed by atoms with Crippen LogP contribution in [0.3, 0.4) is 0 Å². The zero-order chi connectivity index (χ0) is 13.7. The minimum absolute atomic E-state index is 0.751. The van der Waals surface area contributed by atoms with Crippen molar-refractivity contribution in [2.45, 2.75) is 38.4 Å². The van der Waals surface area contributed by atoms with Crippen molar-refractivity contribution in [1.29, 1.82) is 0 Å². The van der Waals surface area contributed by atoms with Gasteiger partial charge >= 0.3 is 0 Å². The van der Waals surface area contributed by atoms with Gasteiger partial charge < -0.3 is 14.6 Å². The lowest BCUT2D eigenvalue weighted by Crippen LogP contribution is -2.24. The molecule has 0 aliphatic heterocycles. The van der Waals surface area contributed by atoms with Crippen molar-refractivity contribution in [3.63, 3.8) is 0 Å². The second-order valence-corrected chi connectivity index (χ2v) is 5.92. The lowest BCUT2D eigenvalue weighted by molar-refractivity contribution is 0.272. The first-order chi connectivity index (χ1) is 9.15. The van der Waals surface area contributed by atoms with Crippen LogP contribution in [0.15, 0.2) is 16.7 Å². The van der Waals surface area contributed by atoms with Crippen molar-refractivity contribution in [2.75, 3.05) is 34.2 Å². The van der Waals surface area contributed by atoms with Gasteiger partial charge in [0.05, 0.1) is 12.8 Å². The molecule has 0 aromatic carbocycles. The topological polar surface area (TPSA) is 31.6 Å². The highest BCUT2D eigenvalue weighted by Gasteiger charge is 2.21. The number of rotatable bonds is 9. The highest BCUT2D eigenvalue weighted by Crippen LogP contribution is 2.20. The van der Waals surface area contributed by atoms with Crippen molar-refractivity contribution >= 4 is 0 Å². The fraction of sp³-hybridized carbons (Fsp3) is 0.733. The van der Waals surface area contributed by atoms with E-state index < -0.39 is 0 Å². The minimum Gasteiger partial charge on any atom is -0.468 e. The molecule has 4 nitrogen and oxygen atoms in total. The summed E-state index contributed by atoms with van der Waals surface area (Å²) in [7, 11) is 6.40. The molecule has 1 aliphatic carbocycles. The van der Waals surface area contributed by atoms with Gasteiger partial charge in [0.1, 0.15) is 5.76 Å². The van der Waals surface area contributed by atoms with Crippen molar-refractivity contribution in [3.8, 4) is 0 Å². The monoisotopic (exact) mass is 265 g/mol. The van der Waals surface area contributed by atoms with Crippen molar-refractivity contribution in [1.82, 2.24) is 15.1 Å². The molecule has 1 fully saturated rings. The summed E-state index contributed by atoms with van der Waals surface area (Å²) in [5, 5.41) is 3.55. The maximum atomic E-state index is 5.62. The molecule has 4 heteroatoms. The molecular weight excluding hydrogens is 238 g/mol. The standard InChI is InChI=1S/C15H27N3O/c1-17(2)8-4-9-18(3)12-15-13(7-10-19-15)11-16-14-5-6-14/h7,10,14,16H,4-6,8-9,11-12H2,1-3H3. The van der Waals surface area contributed by atoms with Crippen LogP contribution in [0.25, 0.3) is 0 Å². The van der Waals surface area contributed by atoms with Crippen molar-refractivity contribution < 1.29 is 4.42 Å². The summed E-state index contributed by atoms with van der Waals surface area (Å²) in [6.45, 7) is 4.09. The van der Waals surface area contributed by atoms with Gasteiger partial charge in [-0.1, -0.05) is 0 Å². The quantitative estimate of drug-likeness (QED) is 0.739. The van der Waals surface area contributed by atoms with Gasteiger partial charge in [-0.15, -0.1) is 0 Å². The minimum atomic E-state index is 0.751. The van der Waals surface area contributed by atoms with E-state index in [2.05, 4.69) is 42.3 Å². The molecule has 1 N–H and O–H groups in total. The molecule has 0 spiro atoms. The Hall–Kier alpha value is -0.840.